The van der Waals surface area contributed by atoms with Crippen molar-refractivity contribution >= 4 is 17.5 Å². The minimum atomic E-state index is -4.66. The molecule has 2 unspecified atom stereocenters. The van der Waals surface area contributed by atoms with Crippen LogP contribution >= 0.6 is 0 Å². The van der Waals surface area contributed by atoms with Crippen LogP contribution in [0.5, 0.6) is 0 Å². The highest BCUT2D eigenvalue weighted by Crippen LogP contribution is 2.48. The van der Waals surface area contributed by atoms with Gasteiger partial charge in [-0.05, 0) is 55.0 Å². The van der Waals surface area contributed by atoms with E-state index in [2.05, 4.69) is 15.6 Å². The minimum absolute atomic E-state index is 0.0851. The minimum Gasteiger partial charge on any atom is -0.362 e. The first-order valence-corrected chi connectivity index (χ1v) is 12.4. The number of carbonyl (C=O) groups is 2. The molecule has 0 fully saturated rings. The second kappa shape index (κ2) is 9.93. The average molecular weight is 519 g/mol. The summed E-state index contributed by atoms with van der Waals surface area (Å²) in [5.74, 6) is -1.73. The number of ketones is 1. The number of pyridine rings is 1. The highest BCUT2D eigenvalue weighted by Gasteiger charge is 2.45. The van der Waals surface area contributed by atoms with Gasteiger partial charge in [-0.1, -0.05) is 48.5 Å². The van der Waals surface area contributed by atoms with E-state index in [0.717, 1.165) is 17.2 Å². The summed E-state index contributed by atoms with van der Waals surface area (Å²) in [7, 11) is 0. The number of carbonyl (C=O) groups excluding carboxylic acids is 2. The Hall–Kier alpha value is -4.20. The number of benzene rings is 2. The molecule has 2 aliphatic rings. The zero-order valence-corrected chi connectivity index (χ0v) is 20.9. The fourth-order valence-electron chi connectivity index (χ4n) is 5.46. The zero-order valence-electron chi connectivity index (χ0n) is 20.9. The van der Waals surface area contributed by atoms with Gasteiger partial charge in [-0.15, -0.1) is 0 Å². The summed E-state index contributed by atoms with van der Waals surface area (Å²) in [5, 5.41) is 6.00. The molecule has 194 valence electrons. The number of hydrogen-bond donors (Lipinski definition) is 2. The van der Waals surface area contributed by atoms with Gasteiger partial charge in [-0.2, -0.15) is 13.2 Å². The Bertz CT molecular complexity index is 1480. The molecule has 38 heavy (non-hydrogen) atoms. The third kappa shape index (κ3) is 4.86. The number of aromatic amines is 1. The molecule has 0 radical (unpaired) electrons. The Kier molecular flexibility index (Phi) is 6.65. The van der Waals surface area contributed by atoms with E-state index in [1.54, 1.807) is 19.2 Å². The maximum Gasteiger partial charge on any atom is 0.416 e. The van der Waals surface area contributed by atoms with Crippen molar-refractivity contribution in [3.63, 3.8) is 0 Å². The third-order valence-corrected chi connectivity index (χ3v) is 7.13. The number of aromatic nitrogens is 1. The lowest BCUT2D eigenvalue weighted by Gasteiger charge is -2.37. The van der Waals surface area contributed by atoms with Crippen molar-refractivity contribution in [3.05, 3.63) is 118 Å². The van der Waals surface area contributed by atoms with Crippen molar-refractivity contribution in [2.75, 3.05) is 5.32 Å². The maximum atomic E-state index is 14.2. The fourth-order valence-corrected chi connectivity index (χ4v) is 5.46. The van der Waals surface area contributed by atoms with Crippen molar-refractivity contribution < 1.29 is 27.7 Å². The number of halogens is 3. The molecular formula is C30H27F3N3O2+. The van der Waals surface area contributed by atoms with E-state index in [4.69, 9.17) is 0 Å². The van der Waals surface area contributed by atoms with Gasteiger partial charge in [0.05, 0.1) is 17.3 Å². The monoisotopic (exact) mass is 518 g/mol. The Labute approximate surface area is 218 Å². The van der Waals surface area contributed by atoms with Gasteiger partial charge < -0.3 is 5.32 Å². The molecule has 3 aromatic rings. The summed E-state index contributed by atoms with van der Waals surface area (Å²) in [6.07, 6.45) is -2.40. The van der Waals surface area contributed by atoms with Gasteiger partial charge in [0.2, 0.25) is 0 Å². The number of H-pyrrole nitrogens is 1. The number of dihydropyridines is 1. The van der Waals surface area contributed by atoms with Crippen molar-refractivity contribution in [1.29, 1.82) is 0 Å². The lowest BCUT2D eigenvalue weighted by atomic mass is 9.70. The summed E-state index contributed by atoms with van der Waals surface area (Å²) in [6.45, 7) is 3.53. The van der Waals surface area contributed by atoms with Crippen molar-refractivity contribution in [2.24, 2.45) is 0 Å². The highest BCUT2D eigenvalue weighted by atomic mass is 19.4. The van der Waals surface area contributed by atoms with Crippen LogP contribution in [-0.4, -0.2) is 11.7 Å². The molecule has 5 nitrogen and oxygen atoms in total. The van der Waals surface area contributed by atoms with Crippen LogP contribution in [0.25, 0.3) is 0 Å². The topological polar surface area (TPSA) is 72.3 Å². The van der Waals surface area contributed by atoms with Gasteiger partial charge in [0.1, 0.15) is 0 Å². The van der Waals surface area contributed by atoms with Gasteiger partial charge in [0.25, 0.3) is 5.82 Å². The van der Waals surface area contributed by atoms with Gasteiger partial charge in [-0.3, -0.25) is 4.79 Å². The molecule has 1 aliphatic heterocycles. The fraction of sp³-hybridized carbons (Fsp3) is 0.233. The first kappa shape index (κ1) is 25.4. The number of Topliss-reactive ketones (excluding diaryl/α,β-unsaturated/α-hetero) is 1. The normalized spacial score (nSPS) is 19.7. The second-order valence-electron chi connectivity index (χ2n) is 9.75. The van der Waals surface area contributed by atoms with Crippen molar-refractivity contribution in [2.45, 2.75) is 44.7 Å². The van der Waals surface area contributed by atoms with Crippen LogP contribution in [0.4, 0.5) is 19.0 Å². The molecule has 8 heteroatoms. The summed E-state index contributed by atoms with van der Waals surface area (Å²) < 4.78 is 42.6. The Morgan fingerprint density at radius 1 is 1.00 bits per heavy atom. The Morgan fingerprint density at radius 3 is 2.42 bits per heavy atom. The van der Waals surface area contributed by atoms with Crippen LogP contribution in [0.15, 0.2) is 95.5 Å². The van der Waals surface area contributed by atoms with E-state index >= 15 is 0 Å². The molecule has 0 saturated heterocycles. The summed E-state index contributed by atoms with van der Waals surface area (Å²) in [5.41, 5.74) is 2.19. The number of hydrogen-bond acceptors (Lipinski definition) is 3. The van der Waals surface area contributed by atoms with Crippen LogP contribution in [-0.2, 0) is 15.8 Å². The van der Waals surface area contributed by atoms with E-state index in [9.17, 15) is 22.8 Å². The molecule has 0 saturated carbocycles. The lowest BCUT2D eigenvalue weighted by Crippen LogP contribution is -2.38. The predicted octanol–water partition coefficient (Wildman–Crippen LogP) is 5.83. The molecule has 3 N–H and O–H groups in total. The van der Waals surface area contributed by atoms with Gasteiger partial charge >= 0.3 is 12.1 Å². The molecule has 0 bridgehead atoms. The van der Waals surface area contributed by atoms with E-state index in [1.165, 1.54) is 18.2 Å². The summed E-state index contributed by atoms with van der Waals surface area (Å²) in [4.78, 5) is 30.3. The summed E-state index contributed by atoms with van der Waals surface area (Å²) in [6, 6.07) is 18.3. The van der Waals surface area contributed by atoms with Crippen LogP contribution in [0.2, 0.25) is 0 Å². The van der Waals surface area contributed by atoms with Gasteiger partial charge in [0.15, 0.2) is 5.78 Å². The first-order valence-electron chi connectivity index (χ1n) is 12.4. The van der Waals surface area contributed by atoms with Crippen LogP contribution in [0.3, 0.4) is 0 Å². The van der Waals surface area contributed by atoms with Crippen LogP contribution in [0.1, 0.15) is 53.9 Å². The second-order valence-corrected chi connectivity index (χ2v) is 9.75. The molecule has 2 aromatic carbocycles. The Balaban J connectivity index is 1.63. The number of allylic oxidation sites excluding steroid dienone is 3. The number of anilines is 1. The van der Waals surface area contributed by atoms with Crippen LogP contribution < -0.4 is 15.6 Å². The number of amides is 1. The van der Waals surface area contributed by atoms with E-state index < -0.39 is 23.6 Å². The third-order valence-electron chi connectivity index (χ3n) is 7.13. The smallest absolute Gasteiger partial charge is 0.362 e. The standard InChI is InChI=1S/C30H26F3N3O2/c1-17-12-13-34-25(14-17)36-29(38)26-18(2)35-23-15-20(19-8-4-3-5-9-19)16-24(37)28(23)27(26)21-10-6-7-11-22(21)30(31,32)33/h3-14,20,27,35H,15-16H2,1-2H3,(H,34,36,38)/p+1. The number of alkyl halides is 3. The van der Waals surface area contributed by atoms with Gasteiger partial charge in [-0.25, -0.2) is 15.1 Å². The van der Waals surface area contributed by atoms with E-state index in [0.29, 0.717) is 23.6 Å². The number of nitrogens with one attached hydrogen (secondary N) is 3. The van der Waals surface area contributed by atoms with Crippen molar-refractivity contribution in [3.8, 4) is 0 Å². The molecule has 2 atom stereocenters. The van der Waals surface area contributed by atoms with E-state index in [-0.39, 0.29) is 34.8 Å². The molecule has 1 aromatic heterocycles. The highest BCUT2D eigenvalue weighted by molar-refractivity contribution is 6.09. The number of rotatable bonds is 4. The molecule has 5 rings (SSSR count). The molecule has 1 aliphatic carbocycles. The SMILES string of the molecule is CC1=C(C(=O)Nc2cc(C)cc[nH+]2)C(c2ccccc2C(F)(F)F)C2=C(CC(c3ccccc3)CC2=O)N1. The van der Waals surface area contributed by atoms with E-state index in [1.807, 2.05) is 43.3 Å². The molecular weight excluding hydrogens is 491 g/mol. The maximum absolute atomic E-state index is 14.2. The average Bonchev–Trinajstić information content (AvgIpc) is 2.87. The molecule has 1 amide bonds. The van der Waals surface area contributed by atoms with Crippen molar-refractivity contribution in [1.82, 2.24) is 5.32 Å². The molecule has 2 heterocycles. The van der Waals surface area contributed by atoms with Gasteiger partial charge in [0, 0.05) is 35.4 Å². The first-order chi connectivity index (χ1) is 18.1. The predicted molar refractivity (Wildman–Crippen MR) is 137 cm³/mol. The lowest BCUT2D eigenvalue weighted by molar-refractivity contribution is -0.360. The quantitative estimate of drug-likeness (QED) is 0.457. The zero-order chi connectivity index (χ0) is 27.0. The Morgan fingerprint density at radius 2 is 1.71 bits per heavy atom. The largest absolute Gasteiger partial charge is 0.416 e. The summed E-state index contributed by atoms with van der Waals surface area (Å²) >= 11 is 0. The molecule has 0 spiro atoms. The number of aryl methyl sites for hydroxylation is 1. The van der Waals surface area contributed by atoms with Crippen LogP contribution in [0, 0.1) is 6.92 Å².